The third kappa shape index (κ3) is 1.23. The van der Waals surface area contributed by atoms with Crippen LogP contribution in [0.5, 0.6) is 0 Å². The molecule has 0 saturated carbocycles. The minimum atomic E-state index is -0.0741. The first-order valence-electron chi connectivity index (χ1n) is 2.31. The Bertz CT molecular complexity index is 144. The van der Waals surface area contributed by atoms with Crippen molar-refractivity contribution in [3.8, 4) is 0 Å². The van der Waals surface area contributed by atoms with Crippen molar-refractivity contribution in [1.29, 1.82) is 0 Å². The molecule has 2 heteroatoms. The number of alkyl halides is 1. The molecule has 0 amide bonds. The summed E-state index contributed by atoms with van der Waals surface area (Å²) in [5.74, 6) is 0. The number of hydrogen-bond acceptors (Lipinski definition) is 1. The smallest absolute Gasteiger partial charge is 0.0679 e. The van der Waals surface area contributed by atoms with Crippen molar-refractivity contribution in [2.75, 3.05) is 0 Å². The standard InChI is InChI=1S/C6H6ClS/c1-5(7)6-3-2-4-8-6/h2-5H,1H2. The summed E-state index contributed by atoms with van der Waals surface area (Å²) < 4.78 is 0. The molecule has 1 rings (SSSR count). The molecule has 0 aliphatic carbocycles. The Hall–Kier alpha value is -0.0100. The molecule has 1 heterocycles. The van der Waals surface area contributed by atoms with Gasteiger partial charge < -0.3 is 0 Å². The summed E-state index contributed by atoms with van der Waals surface area (Å²) in [5.41, 5.74) is 0. The van der Waals surface area contributed by atoms with Crippen molar-refractivity contribution in [3.05, 3.63) is 29.3 Å². The van der Waals surface area contributed by atoms with Gasteiger partial charge in [0.15, 0.2) is 0 Å². The second kappa shape index (κ2) is 2.51. The lowest BCUT2D eigenvalue weighted by Crippen LogP contribution is -1.73. The molecule has 1 atom stereocenters. The van der Waals surface area contributed by atoms with E-state index < -0.39 is 0 Å². The van der Waals surface area contributed by atoms with Gasteiger partial charge in [0.2, 0.25) is 0 Å². The van der Waals surface area contributed by atoms with E-state index in [0.29, 0.717) is 0 Å². The van der Waals surface area contributed by atoms with Crippen molar-refractivity contribution in [3.63, 3.8) is 0 Å². The van der Waals surface area contributed by atoms with Crippen molar-refractivity contribution >= 4 is 22.9 Å². The van der Waals surface area contributed by atoms with Gasteiger partial charge in [0, 0.05) is 4.88 Å². The molecule has 8 heavy (non-hydrogen) atoms. The monoisotopic (exact) mass is 145 g/mol. The zero-order chi connectivity index (χ0) is 5.98. The molecule has 0 bridgehead atoms. The van der Waals surface area contributed by atoms with Crippen LogP contribution >= 0.6 is 22.9 Å². The molecule has 1 radical (unpaired) electrons. The predicted octanol–water partition coefficient (Wildman–Crippen LogP) is 2.86. The van der Waals surface area contributed by atoms with Crippen LogP contribution in [-0.2, 0) is 0 Å². The van der Waals surface area contributed by atoms with Gasteiger partial charge in [-0.1, -0.05) is 6.07 Å². The highest BCUT2D eigenvalue weighted by molar-refractivity contribution is 7.10. The van der Waals surface area contributed by atoms with E-state index in [1.807, 2.05) is 17.5 Å². The summed E-state index contributed by atoms with van der Waals surface area (Å²) in [4.78, 5) is 1.13. The van der Waals surface area contributed by atoms with Crippen LogP contribution < -0.4 is 0 Å². The maximum absolute atomic E-state index is 5.64. The Labute approximate surface area is 58.1 Å². The summed E-state index contributed by atoms with van der Waals surface area (Å²) in [6.07, 6.45) is 0. The van der Waals surface area contributed by atoms with Gasteiger partial charge in [-0.3, -0.25) is 0 Å². The largest absolute Gasteiger partial charge is 0.147 e. The van der Waals surface area contributed by atoms with Crippen molar-refractivity contribution < 1.29 is 0 Å². The van der Waals surface area contributed by atoms with Gasteiger partial charge >= 0.3 is 0 Å². The van der Waals surface area contributed by atoms with Gasteiger partial charge in [-0.25, -0.2) is 0 Å². The highest BCUT2D eigenvalue weighted by Gasteiger charge is 1.98. The zero-order valence-electron chi connectivity index (χ0n) is 4.30. The van der Waals surface area contributed by atoms with Gasteiger partial charge in [0.25, 0.3) is 0 Å². The average Bonchev–Trinajstić information content (AvgIpc) is 2.12. The second-order valence-electron chi connectivity index (χ2n) is 1.48. The third-order valence-corrected chi connectivity index (χ3v) is 2.20. The topological polar surface area (TPSA) is 0 Å². The quantitative estimate of drug-likeness (QED) is 0.533. The zero-order valence-corrected chi connectivity index (χ0v) is 5.88. The van der Waals surface area contributed by atoms with Crippen LogP contribution in [0.15, 0.2) is 17.5 Å². The fourth-order valence-corrected chi connectivity index (χ4v) is 1.32. The fraction of sp³-hybridized carbons (Fsp3) is 0.167. The lowest BCUT2D eigenvalue weighted by Gasteiger charge is -1.92. The molecular formula is C6H6ClS. The maximum Gasteiger partial charge on any atom is 0.0679 e. The van der Waals surface area contributed by atoms with E-state index in [0.717, 1.165) is 4.88 Å². The van der Waals surface area contributed by atoms with E-state index in [1.165, 1.54) is 0 Å². The van der Waals surface area contributed by atoms with E-state index in [9.17, 15) is 0 Å². The first-order valence-corrected chi connectivity index (χ1v) is 3.63. The van der Waals surface area contributed by atoms with Crippen LogP contribution in [0.3, 0.4) is 0 Å². The first kappa shape index (κ1) is 6.12. The number of hydrogen-bond donors (Lipinski definition) is 0. The minimum absolute atomic E-state index is 0.0741. The number of thiophene rings is 1. The molecule has 0 aliphatic heterocycles. The Morgan fingerprint density at radius 2 is 2.50 bits per heavy atom. The van der Waals surface area contributed by atoms with Crippen molar-refractivity contribution in [1.82, 2.24) is 0 Å². The lowest BCUT2D eigenvalue weighted by molar-refractivity contribution is 1.28. The van der Waals surface area contributed by atoms with Gasteiger partial charge in [-0.05, 0) is 18.4 Å². The van der Waals surface area contributed by atoms with Crippen LogP contribution in [0.2, 0.25) is 0 Å². The summed E-state index contributed by atoms with van der Waals surface area (Å²) in [6.45, 7) is 3.66. The van der Waals surface area contributed by atoms with E-state index in [4.69, 9.17) is 11.6 Å². The third-order valence-electron chi connectivity index (χ3n) is 0.852. The fourth-order valence-electron chi connectivity index (χ4n) is 0.469. The Balaban J connectivity index is 2.77. The molecule has 0 spiro atoms. The molecule has 0 nitrogen and oxygen atoms in total. The Kier molecular flexibility index (Phi) is 1.92. The second-order valence-corrected chi connectivity index (χ2v) is 2.99. The molecule has 0 aromatic carbocycles. The van der Waals surface area contributed by atoms with E-state index in [-0.39, 0.29) is 5.38 Å². The van der Waals surface area contributed by atoms with Crippen LogP contribution in [-0.4, -0.2) is 0 Å². The van der Waals surface area contributed by atoms with Gasteiger partial charge in [0.1, 0.15) is 0 Å². The maximum atomic E-state index is 5.64. The van der Waals surface area contributed by atoms with Gasteiger partial charge in [-0.2, -0.15) is 0 Å². The molecule has 0 aliphatic rings. The molecule has 1 aromatic rings. The molecule has 0 fully saturated rings. The van der Waals surface area contributed by atoms with Crippen molar-refractivity contribution in [2.45, 2.75) is 5.38 Å². The van der Waals surface area contributed by atoms with Crippen LogP contribution in [0.1, 0.15) is 10.3 Å². The van der Waals surface area contributed by atoms with Crippen molar-refractivity contribution in [2.24, 2.45) is 0 Å². The first-order chi connectivity index (χ1) is 3.80. The highest BCUT2D eigenvalue weighted by Crippen LogP contribution is 2.22. The summed E-state index contributed by atoms with van der Waals surface area (Å²) in [6, 6.07) is 3.95. The van der Waals surface area contributed by atoms with Crippen LogP contribution in [0.4, 0.5) is 0 Å². The molecule has 43 valence electrons. The van der Waals surface area contributed by atoms with Gasteiger partial charge in [-0.15, -0.1) is 22.9 Å². The van der Waals surface area contributed by atoms with E-state index in [1.54, 1.807) is 11.3 Å². The Morgan fingerprint density at radius 1 is 1.75 bits per heavy atom. The lowest BCUT2D eigenvalue weighted by atomic mass is 10.4. The molecular weight excluding hydrogens is 140 g/mol. The number of halogens is 1. The van der Waals surface area contributed by atoms with E-state index in [2.05, 4.69) is 6.92 Å². The number of rotatable bonds is 1. The predicted molar refractivity (Wildman–Crippen MR) is 38.3 cm³/mol. The normalized spacial score (nSPS) is 13.8. The van der Waals surface area contributed by atoms with Crippen LogP contribution in [0, 0.1) is 6.92 Å². The molecule has 0 saturated heterocycles. The van der Waals surface area contributed by atoms with Crippen LogP contribution in [0.25, 0.3) is 0 Å². The average molecular weight is 146 g/mol. The molecule has 1 unspecified atom stereocenters. The Morgan fingerprint density at radius 3 is 2.75 bits per heavy atom. The molecule has 0 N–H and O–H groups in total. The van der Waals surface area contributed by atoms with E-state index >= 15 is 0 Å². The molecule has 1 aromatic heterocycles. The minimum Gasteiger partial charge on any atom is -0.147 e. The SMILES string of the molecule is [CH2]C(Cl)c1cccs1. The summed E-state index contributed by atoms with van der Waals surface area (Å²) in [5, 5.41) is 1.92. The highest BCUT2D eigenvalue weighted by atomic mass is 35.5. The van der Waals surface area contributed by atoms with Gasteiger partial charge in [0.05, 0.1) is 5.38 Å². The summed E-state index contributed by atoms with van der Waals surface area (Å²) in [7, 11) is 0. The summed E-state index contributed by atoms with van der Waals surface area (Å²) >= 11 is 7.28.